The Hall–Kier alpha value is -1.71. The summed E-state index contributed by atoms with van der Waals surface area (Å²) in [4.78, 5) is 11.5. The maximum atomic E-state index is 13.4. The Morgan fingerprint density at radius 3 is 2.38 bits per heavy atom. The lowest BCUT2D eigenvalue weighted by Crippen LogP contribution is -2.02. The van der Waals surface area contributed by atoms with Crippen LogP contribution in [0.5, 0.6) is 5.75 Å². The first-order chi connectivity index (χ1) is 7.45. The van der Waals surface area contributed by atoms with Gasteiger partial charge in [-0.25, -0.2) is 8.78 Å². The van der Waals surface area contributed by atoms with E-state index in [1.807, 2.05) is 0 Å². The van der Waals surface area contributed by atoms with Crippen LogP contribution >= 0.6 is 0 Å². The third kappa shape index (κ3) is 2.66. The first kappa shape index (κ1) is 12.4. The Balaban J connectivity index is 3.21. The highest BCUT2D eigenvalue weighted by atomic mass is 19.1. The lowest BCUT2D eigenvalue weighted by atomic mass is 10.1. The summed E-state index contributed by atoms with van der Waals surface area (Å²) in [6.07, 6.45) is 1.25. The van der Waals surface area contributed by atoms with Gasteiger partial charge in [0.05, 0.1) is 12.7 Å². The molecule has 0 aliphatic rings. The van der Waals surface area contributed by atoms with E-state index in [2.05, 4.69) is 4.74 Å². The number of ether oxygens (including phenoxy) is 1. The molecule has 0 saturated heterocycles. The number of rotatable bonds is 3. The number of methoxy groups -OCH3 is 1. The van der Waals surface area contributed by atoms with Crippen molar-refractivity contribution in [1.29, 1.82) is 0 Å². The van der Waals surface area contributed by atoms with Crippen LogP contribution in [-0.4, -0.2) is 12.9 Å². The zero-order chi connectivity index (χ0) is 12.3. The molecule has 0 bridgehead atoms. The first-order valence-corrected chi connectivity index (χ1v) is 4.68. The molecule has 0 aromatic heterocycles. The van der Waals surface area contributed by atoms with Crippen molar-refractivity contribution in [3.8, 4) is 5.75 Å². The van der Waals surface area contributed by atoms with Crippen molar-refractivity contribution >= 4 is 5.78 Å². The van der Waals surface area contributed by atoms with Gasteiger partial charge in [-0.2, -0.15) is 0 Å². The Morgan fingerprint density at radius 2 is 1.88 bits per heavy atom. The lowest BCUT2D eigenvalue weighted by Gasteiger charge is -2.04. The average molecular weight is 226 g/mol. The van der Waals surface area contributed by atoms with E-state index in [4.69, 9.17) is 0 Å². The van der Waals surface area contributed by atoms with Crippen molar-refractivity contribution < 1.29 is 18.3 Å². The SMILES string of the molecule is COc1cc(F)c(C(=O)C=C(C)C)cc1F. The topological polar surface area (TPSA) is 26.3 Å². The molecular formula is C12H12F2O2. The van der Waals surface area contributed by atoms with Crippen molar-refractivity contribution in [2.75, 3.05) is 7.11 Å². The van der Waals surface area contributed by atoms with E-state index >= 15 is 0 Å². The normalized spacial score (nSPS) is 9.81. The number of benzene rings is 1. The number of hydrogen-bond donors (Lipinski definition) is 0. The molecule has 1 aromatic carbocycles. The molecule has 0 amide bonds. The van der Waals surface area contributed by atoms with Gasteiger partial charge >= 0.3 is 0 Å². The van der Waals surface area contributed by atoms with E-state index in [0.29, 0.717) is 0 Å². The molecule has 0 saturated carbocycles. The van der Waals surface area contributed by atoms with Gasteiger partial charge in [-0.15, -0.1) is 0 Å². The van der Waals surface area contributed by atoms with Crippen LogP contribution in [0.4, 0.5) is 8.78 Å². The van der Waals surface area contributed by atoms with Gasteiger partial charge in [0.2, 0.25) is 0 Å². The van der Waals surface area contributed by atoms with Gasteiger partial charge in [-0.05, 0) is 26.0 Å². The molecule has 4 heteroatoms. The molecule has 0 aliphatic carbocycles. The zero-order valence-electron chi connectivity index (χ0n) is 9.30. The van der Waals surface area contributed by atoms with Crippen molar-refractivity contribution in [2.45, 2.75) is 13.8 Å². The summed E-state index contributed by atoms with van der Waals surface area (Å²) in [7, 11) is 1.23. The second-order valence-corrected chi connectivity index (χ2v) is 3.55. The third-order valence-electron chi connectivity index (χ3n) is 1.93. The summed E-state index contributed by atoms with van der Waals surface area (Å²) in [6.45, 7) is 3.41. The van der Waals surface area contributed by atoms with Crippen molar-refractivity contribution in [1.82, 2.24) is 0 Å². The van der Waals surface area contributed by atoms with Gasteiger partial charge in [0.25, 0.3) is 0 Å². The van der Waals surface area contributed by atoms with Crippen molar-refractivity contribution in [3.05, 3.63) is 41.0 Å². The Kier molecular flexibility index (Phi) is 3.77. The highest BCUT2D eigenvalue weighted by Crippen LogP contribution is 2.21. The number of carbonyl (C=O) groups is 1. The van der Waals surface area contributed by atoms with Crippen LogP contribution in [0.15, 0.2) is 23.8 Å². The van der Waals surface area contributed by atoms with E-state index in [1.165, 1.54) is 13.2 Å². The average Bonchev–Trinajstić information content (AvgIpc) is 2.19. The highest BCUT2D eigenvalue weighted by Gasteiger charge is 2.14. The van der Waals surface area contributed by atoms with Crippen LogP contribution in [0.2, 0.25) is 0 Å². The predicted molar refractivity (Wildman–Crippen MR) is 56.7 cm³/mol. The number of ketones is 1. The van der Waals surface area contributed by atoms with Crippen molar-refractivity contribution in [3.63, 3.8) is 0 Å². The Bertz CT molecular complexity index is 447. The summed E-state index contributed by atoms with van der Waals surface area (Å²) in [5, 5.41) is 0. The van der Waals surface area contributed by atoms with Crippen LogP contribution in [0, 0.1) is 11.6 Å². The quantitative estimate of drug-likeness (QED) is 0.584. The molecule has 0 heterocycles. The minimum atomic E-state index is -0.791. The van der Waals surface area contributed by atoms with Gasteiger partial charge in [-0.3, -0.25) is 4.79 Å². The molecule has 1 aromatic rings. The fraction of sp³-hybridized carbons (Fsp3) is 0.250. The number of carbonyl (C=O) groups excluding carboxylic acids is 1. The van der Waals surface area contributed by atoms with Crippen LogP contribution in [0.3, 0.4) is 0 Å². The Morgan fingerprint density at radius 1 is 1.25 bits per heavy atom. The van der Waals surface area contributed by atoms with E-state index in [1.54, 1.807) is 13.8 Å². The van der Waals surface area contributed by atoms with E-state index in [0.717, 1.165) is 17.7 Å². The summed E-state index contributed by atoms with van der Waals surface area (Å²) in [5.41, 5.74) is 0.431. The number of hydrogen-bond acceptors (Lipinski definition) is 2. The van der Waals surface area contributed by atoms with Crippen molar-refractivity contribution in [2.24, 2.45) is 0 Å². The minimum absolute atomic E-state index is 0.216. The van der Waals surface area contributed by atoms with Crippen LogP contribution in [0.25, 0.3) is 0 Å². The molecule has 0 radical (unpaired) electrons. The van der Waals surface area contributed by atoms with E-state index in [9.17, 15) is 13.6 Å². The molecule has 16 heavy (non-hydrogen) atoms. The van der Waals surface area contributed by atoms with Gasteiger partial charge in [0, 0.05) is 6.07 Å². The maximum absolute atomic E-state index is 13.4. The fourth-order valence-corrected chi connectivity index (χ4v) is 1.21. The summed E-state index contributed by atoms with van der Waals surface area (Å²) in [5.74, 6) is -2.32. The smallest absolute Gasteiger partial charge is 0.188 e. The number of halogens is 2. The monoisotopic (exact) mass is 226 g/mol. The summed E-state index contributed by atoms with van der Waals surface area (Å²) in [6, 6.07) is 1.71. The Labute approximate surface area is 92.5 Å². The molecule has 1 rings (SSSR count). The van der Waals surface area contributed by atoms with Crippen LogP contribution < -0.4 is 4.74 Å². The predicted octanol–water partition coefficient (Wildman–Crippen LogP) is 3.12. The van der Waals surface area contributed by atoms with Gasteiger partial charge in [0.15, 0.2) is 17.3 Å². The molecule has 0 spiro atoms. The standard InChI is InChI=1S/C12H12F2O2/c1-7(2)4-11(15)8-5-10(14)12(16-3)6-9(8)13/h4-6H,1-3H3. The molecule has 0 aliphatic heterocycles. The molecule has 0 atom stereocenters. The zero-order valence-corrected chi connectivity index (χ0v) is 9.30. The highest BCUT2D eigenvalue weighted by molar-refractivity contribution is 6.05. The summed E-state index contributed by atoms with van der Waals surface area (Å²) < 4.78 is 31.3. The molecule has 2 nitrogen and oxygen atoms in total. The van der Waals surface area contributed by atoms with E-state index in [-0.39, 0.29) is 11.3 Å². The summed E-state index contributed by atoms with van der Waals surface area (Å²) >= 11 is 0. The second-order valence-electron chi connectivity index (χ2n) is 3.55. The third-order valence-corrected chi connectivity index (χ3v) is 1.93. The van der Waals surface area contributed by atoms with Crippen LogP contribution in [-0.2, 0) is 0 Å². The molecule has 0 N–H and O–H groups in total. The molecule has 0 unspecified atom stereocenters. The fourth-order valence-electron chi connectivity index (χ4n) is 1.21. The van der Waals surface area contributed by atoms with Crippen LogP contribution in [0.1, 0.15) is 24.2 Å². The molecule has 86 valence electrons. The molecular weight excluding hydrogens is 214 g/mol. The van der Waals surface area contributed by atoms with Gasteiger partial charge in [-0.1, -0.05) is 5.57 Å². The van der Waals surface area contributed by atoms with Gasteiger partial charge < -0.3 is 4.74 Å². The van der Waals surface area contributed by atoms with E-state index < -0.39 is 17.4 Å². The molecule has 0 fully saturated rings. The second kappa shape index (κ2) is 4.88. The largest absolute Gasteiger partial charge is 0.494 e. The lowest BCUT2D eigenvalue weighted by molar-refractivity contribution is 0.104. The minimum Gasteiger partial charge on any atom is -0.494 e. The first-order valence-electron chi connectivity index (χ1n) is 4.68. The maximum Gasteiger partial charge on any atom is 0.188 e. The number of allylic oxidation sites excluding steroid dienone is 2. The van der Waals surface area contributed by atoms with Gasteiger partial charge in [0.1, 0.15) is 5.82 Å².